The molecule has 2 rings (SSSR count). The standard InChI is InChI=1S/C19H22O3/c1-13-6-8-17-16(9-13)15(11-19(3,4)12-22-17)7-5-14(2)10-18(20)21/h5-11H,12H2,1-4H3,(H,20,21). The van der Waals surface area contributed by atoms with Gasteiger partial charge in [-0.3, -0.25) is 0 Å². The van der Waals surface area contributed by atoms with Crippen LogP contribution in [0.3, 0.4) is 0 Å². The average Bonchev–Trinajstić information content (AvgIpc) is 2.53. The lowest BCUT2D eigenvalue weighted by atomic mass is 9.90. The van der Waals surface area contributed by atoms with Crippen LogP contribution >= 0.6 is 0 Å². The van der Waals surface area contributed by atoms with E-state index in [1.54, 1.807) is 6.92 Å². The van der Waals surface area contributed by atoms with Crippen LogP contribution in [0.4, 0.5) is 0 Å². The van der Waals surface area contributed by atoms with Crippen molar-refractivity contribution in [3.05, 3.63) is 59.2 Å². The van der Waals surface area contributed by atoms with E-state index in [1.807, 2.05) is 31.2 Å². The van der Waals surface area contributed by atoms with Crippen molar-refractivity contribution in [2.24, 2.45) is 5.41 Å². The topological polar surface area (TPSA) is 46.5 Å². The van der Waals surface area contributed by atoms with Gasteiger partial charge in [-0.2, -0.15) is 0 Å². The highest BCUT2D eigenvalue weighted by Gasteiger charge is 2.22. The fraction of sp³-hybridized carbons (Fsp3) is 0.316. The van der Waals surface area contributed by atoms with Gasteiger partial charge in [0.05, 0.1) is 6.61 Å². The van der Waals surface area contributed by atoms with Crippen molar-refractivity contribution < 1.29 is 14.6 Å². The minimum Gasteiger partial charge on any atom is -0.492 e. The lowest BCUT2D eigenvalue weighted by Gasteiger charge is -2.18. The predicted octanol–water partition coefficient (Wildman–Crippen LogP) is 4.38. The number of carbonyl (C=O) groups is 1. The average molecular weight is 298 g/mol. The van der Waals surface area contributed by atoms with Crippen molar-refractivity contribution in [3.63, 3.8) is 0 Å². The molecule has 1 N–H and O–H groups in total. The molecule has 0 atom stereocenters. The Kier molecular flexibility index (Phi) is 4.55. The number of aryl methyl sites for hydroxylation is 1. The van der Waals surface area contributed by atoms with Gasteiger partial charge in [-0.1, -0.05) is 43.7 Å². The van der Waals surface area contributed by atoms with Crippen molar-refractivity contribution in [2.75, 3.05) is 6.61 Å². The van der Waals surface area contributed by atoms with Gasteiger partial charge in [-0.05, 0) is 37.1 Å². The molecule has 1 aliphatic rings. The molecule has 3 nitrogen and oxygen atoms in total. The SMILES string of the molecule is CC(C=CC1=CC(C)(C)COc2ccc(C)cc21)=CC(=O)O. The molecule has 0 fully saturated rings. The van der Waals surface area contributed by atoms with Gasteiger partial charge in [0.15, 0.2) is 0 Å². The van der Waals surface area contributed by atoms with Gasteiger partial charge in [-0.25, -0.2) is 4.79 Å². The van der Waals surface area contributed by atoms with Crippen LogP contribution in [0.2, 0.25) is 0 Å². The Morgan fingerprint density at radius 3 is 2.77 bits per heavy atom. The minimum atomic E-state index is -0.933. The van der Waals surface area contributed by atoms with Crippen molar-refractivity contribution in [1.82, 2.24) is 0 Å². The summed E-state index contributed by atoms with van der Waals surface area (Å²) in [4.78, 5) is 10.7. The van der Waals surface area contributed by atoms with Crippen LogP contribution in [-0.2, 0) is 4.79 Å². The molecule has 1 aliphatic heterocycles. The molecular weight excluding hydrogens is 276 g/mol. The van der Waals surface area contributed by atoms with Crippen molar-refractivity contribution in [2.45, 2.75) is 27.7 Å². The number of hydrogen-bond acceptors (Lipinski definition) is 2. The molecule has 116 valence electrons. The van der Waals surface area contributed by atoms with E-state index in [9.17, 15) is 4.79 Å². The molecule has 0 amide bonds. The molecule has 1 aromatic carbocycles. The maximum atomic E-state index is 10.7. The Balaban J connectivity index is 2.46. The summed E-state index contributed by atoms with van der Waals surface area (Å²) in [5.74, 6) is -0.0659. The summed E-state index contributed by atoms with van der Waals surface area (Å²) >= 11 is 0. The summed E-state index contributed by atoms with van der Waals surface area (Å²) in [6.45, 7) is 8.69. The molecule has 22 heavy (non-hydrogen) atoms. The number of ether oxygens (including phenoxy) is 1. The summed E-state index contributed by atoms with van der Waals surface area (Å²) in [5, 5.41) is 8.80. The fourth-order valence-electron chi connectivity index (χ4n) is 2.40. The van der Waals surface area contributed by atoms with Crippen molar-refractivity contribution in [1.29, 1.82) is 0 Å². The predicted molar refractivity (Wildman–Crippen MR) is 89.0 cm³/mol. The van der Waals surface area contributed by atoms with Crippen LogP contribution in [0.5, 0.6) is 5.75 Å². The van der Waals surface area contributed by atoms with Gasteiger partial charge >= 0.3 is 5.97 Å². The summed E-state index contributed by atoms with van der Waals surface area (Å²) in [6, 6.07) is 6.13. The van der Waals surface area contributed by atoms with E-state index in [0.29, 0.717) is 12.2 Å². The van der Waals surface area contributed by atoms with Crippen LogP contribution < -0.4 is 4.74 Å². The number of carboxylic acid groups (broad SMARTS) is 1. The van der Waals surface area contributed by atoms with Crippen molar-refractivity contribution >= 4 is 11.5 Å². The van der Waals surface area contributed by atoms with E-state index in [0.717, 1.165) is 16.9 Å². The highest BCUT2D eigenvalue weighted by Crippen LogP contribution is 2.36. The molecular formula is C19H22O3. The third-order valence-corrected chi connectivity index (χ3v) is 3.47. The Hall–Kier alpha value is -2.29. The van der Waals surface area contributed by atoms with Crippen LogP contribution in [0.15, 0.2) is 48.1 Å². The zero-order valence-corrected chi connectivity index (χ0v) is 13.5. The smallest absolute Gasteiger partial charge is 0.328 e. The maximum Gasteiger partial charge on any atom is 0.328 e. The summed E-state index contributed by atoms with van der Waals surface area (Å²) in [5.41, 5.74) is 3.88. The summed E-state index contributed by atoms with van der Waals surface area (Å²) < 4.78 is 5.93. The monoisotopic (exact) mass is 298 g/mol. The van der Waals surface area contributed by atoms with Gasteiger partial charge in [0.25, 0.3) is 0 Å². The third kappa shape index (κ3) is 4.10. The molecule has 1 heterocycles. The van der Waals surface area contributed by atoms with Gasteiger partial charge in [-0.15, -0.1) is 0 Å². The Morgan fingerprint density at radius 2 is 2.09 bits per heavy atom. The molecule has 0 spiro atoms. The number of aliphatic carboxylic acids is 1. The molecule has 1 aromatic rings. The van der Waals surface area contributed by atoms with Crippen molar-refractivity contribution in [3.8, 4) is 5.75 Å². The highest BCUT2D eigenvalue weighted by atomic mass is 16.5. The second-order valence-electron chi connectivity index (χ2n) is 6.44. The normalized spacial score (nSPS) is 17.5. The zero-order chi connectivity index (χ0) is 16.3. The van der Waals surface area contributed by atoms with E-state index in [-0.39, 0.29) is 5.41 Å². The lowest BCUT2D eigenvalue weighted by Crippen LogP contribution is -2.17. The maximum absolute atomic E-state index is 10.7. The van der Waals surface area contributed by atoms with E-state index < -0.39 is 5.97 Å². The number of hydrogen-bond donors (Lipinski definition) is 1. The molecule has 0 aliphatic carbocycles. The fourth-order valence-corrected chi connectivity index (χ4v) is 2.40. The van der Waals surface area contributed by atoms with E-state index in [2.05, 4.69) is 26.0 Å². The van der Waals surface area contributed by atoms with Gasteiger partial charge < -0.3 is 9.84 Å². The number of allylic oxidation sites excluding steroid dienone is 4. The van der Waals surface area contributed by atoms with Crippen LogP contribution in [0.1, 0.15) is 31.9 Å². The lowest BCUT2D eigenvalue weighted by molar-refractivity contribution is -0.131. The van der Waals surface area contributed by atoms with E-state index in [1.165, 1.54) is 11.6 Å². The molecule has 0 saturated heterocycles. The molecule has 0 unspecified atom stereocenters. The largest absolute Gasteiger partial charge is 0.492 e. The molecule has 0 aromatic heterocycles. The Morgan fingerprint density at radius 1 is 1.36 bits per heavy atom. The number of fused-ring (bicyclic) bond motifs is 1. The first-order chi connectivity index (χ1) is 10.3. The van der Waals surface area contributed by atoms with E-state index in [4.69, 9.17) is 9.84 Å². The zero-order valence-electron chi connectivity index (χ0n) is 13.5. The second kappa shape index (κ2) is 6.22. The van der Waals surface area contributed by atoms with Gasteiger partial charge in [0, 0.05) is 17.1 Å². The van der Waals surface area contributed by atoms with Crippen LogP contribution in [0, 0.1) is 12.3 Å². The molecule has 0 saturated carbocycles. The third-order valence-electron chi connectivity index (χ3n) is 3.47. The van der Waals surface area contributed by atoms with Crippen LogP contribution in [0.25, 0.3) is 5.57 Å². The van der Waals surface area contributed by atoms with Gasteiger partial charge in [0.1, 0.15) is 5.75 Å². The molecule has 0 bridgehead atoms. The molecule has 0 radical (unpaired) electrons. The highest BCUT2D eigenvalue weighted by molar-refractivity contribution is 5.82. The quantitative estimate of drug-likeness (QED) is 0.665. The van der Waals surface area contributed by atoms with Gasteiger partial charge in [0.2, 0.25) is 0 Å². The van der Waals surface area contributed by atoms with E-state index >= 15 is 0 Å². The first-order valence-electron chi connectivity index (χ1n) is 7.33. The number of rotatable bonds is 3. The minimum absolute atomic E-state index is 0.0863. The number of benzene rings is 1. The number of carboxylic acids is 1. The first kappa shape index (κ1) is 16.1. The van der Waals surface area contributed by atoms with Crippen LogP contribution in [-0.4, -0.2) is 17.7 Å². The second-order valence-corrected chi connectivity index (χ2v) is 6.44. The Bertz CT molecular complexity index is 676. The molecule has 3 heteroatoms. The summed E-state index contributed by atoms with van der Waals surface area (Å²) in [6.07, 6.45) is 7.17. The summed E-state index contributed by atoms with van der Waals surface area (Å²) in [7, 11) is 0. The Labute approximate surface area is 131 Å². The first-order valence-corrected chi connectivity index (χ1v) is 7.33.